The molecule has 0 spiro atoms. The highest BCUT2D eigenvalue weighted by Crippen LogP contribution is 2.30. The van der Waals surface area contributed by atoms with Crippen molar-refractivity contribution in [3.05, 3.63) is 35.4 Å². The van der Waals surface area contributed by atoms with Crippen molar-refractivity contribution in [3.63, 3.8) is 0 Å². The van der Waals surface area contributed by atoms with Crippen LogP contribution < -0.4 is 5.73 Å². The predicted octanol–water partition coefficient (Wildman–Crippen LogP) is 3.62. The Balaban J connectivity index is 2.82. The Morgan fingerprint density at radius 1 is 1.12 bits per heavy atom. The van der Waals surface area contributed by atoms with E-state index in [9.17, 15) is 13.2 Å². The van der Waals surface area contributed by atoms with Gasteiger partial charge in [0.05, 0.1) is 5.56 Å². The molecule has 0 heterocycles. The summed E-state index contributed by atoms with van der Waals surface area (Å²) in [5.74, 6) is 0. The first-order valence-electron chi connectivity index (χ1n) is 5.67. The summed E-state index contributed by atoms with van der Waals surface area (Å²) < 4.78 is 37.1. The molecule has 96 valence electrons. The minimum atomic E-state index is -4.26. The molecule has 1 nitrogen and oxygen atoms in total. The molecule has 1 aromatic rings. The molecule has 0 saturated carbocycles. The second kappa shape index (κ2) is 5.08. The van der Waals surface area contributed by atoms with E-state index in [2.05, 4.69) is 0 Å². The van der Waals surface area contributed by atoms with Crippen LogP contribution in [0.1, 0.15) is 31.4 Å². The molecule has 0 aliphatic heterocycles. The summed E-state index contributed by atoms with van der Waals surface area (Å²) in [4.78, 5) is 0. The lowest BCUT2D eigenvalue weighted by atomic mass is 9.81. The third-order valence-electron chi connectivity index (χ3n) is 3.26. The highest BCUT2D eigenvalue weighted by atomic mass is 19.4. The van der Waals surface area contributed by atoms with Gasteiger partial charge in [-0.2, -0.15) is 13.2 Å². The van der Waals surface area contributed by atoms with Gasteiger partial charge in [-0.1, -0.05) is 26.0 Å². The van der Waals surface area contributed by atoms with Crippen LogP contribution >= 0.6 is 0 Å². The van der Waals surface area contributed by atoms with Crippen LogP contribution in [0.3, 0.4) is 0 Å². The van der Waals surface area contributed by atoms with E-state index in [1.807, 2.05) is 13.8 Å². The molecule has 1 rings (SSSR count). The summed E-state index contributed by atoms with van der Waals surface area (Å²) in [6.45, 7) is 4.62. The van der Waals surface area contributed by atoms with Crippen molar-refractivity contribution in [3.8, 4) is 0 Å². The molecule has 0 aliphatic carbocycles. The van der Waals surface area contributed by atoms with Crippen molar-refractivity contribution in [1.29, 1.82) is 0 Å². The van der Waals surface area contributed by atoms with Crippen LogP contribution in [0.2, 0.25) is 0 Å². The topological polar surface area (TPSA) is 26.0 Å². The fourth-order valence-corrected chi connectivity index (χ4v) is 1.65. The zero-order valence-electron chi connectivity index (χ0n) is 10.1. The van der Waals surface area contributed by atoms with E-state index in [0.29, 0.717) is 13.0 Å². The molecule has 0 aliphatic rings. The van der Waals surface area contributed by atoms with E-state index < -0.39 is 11.7 Å². The molecule has 0 fully saturated rings. The van der Waals surface area contributed by atoms with Gasteiger partial charge in [-0.3, -0.25) is 0 Å². The predicted molar refractivity (Wildman–Crippen MR) is 62.6 cm³/mol. The van der Waals surface area contributed by atoms with Crippen LogP contribution in [-0.2, 0) is 12.6 Å². The number of alkyl halides is 3. The molecular formula is C13H18F3N. The van der Waals surface area contributed by atoms with Crippen LogP contribution in [-0.4, -0.2) is 6.54 Å². The minimum absolute atomic E-state index is 0.0419. The van der Waals surface area contributed by atoms with Gasteiger partial charge < -0.3 is 5.73 Å². The summed E-state index contributed by atoms with van der Waals surface area (Å²) in [7, 11) is 0. The van der Waals surface area contributed by atoms with Crippen LogP contribution in [0.5, 0.6) is 0 Å². The number of benzene rings is 1. The highest BCUT2D eigenvalue weighted by Gasteiger charge is 2.30. The SMILES string of the molecule is CCC(C)(CN)Cc1ccc(C(F)(F)F)cc1. The number of hydrogen-bond donors (Lipinski definition) is 1. The van der Waals surface area contributed by atoms with E-state index >= 15 is 0 Å². The van der Waals surface area contributed by atoms with Gasteiger partial charge in [-0.15, -0.1) is 0 Å². The van der Waals surface area contributed by atoms with Crippen molar-refractivity contribution in [2.24, 2.45) is 11.1 Å². The first kappa shape index (κ1) is 14.0. The molecule has 4 heteroatoms. The van der Waals surface area contributed by atoms with Crippen LogP contribution in [0, 0.1) is 5.41 Å². The lowest BCUT2D eigenvalue weighted by Gasteiger charge is -2.26. The van der Waals surface area contributed by atoms with E-state index in [4.69, 9.17) is 5.73 Å². The summed E-state index contributed by atoms with van der Waals surface area (Å²) in [6.07, 6.45) is -2.65. The van der Waals surface area contributed by atoms with Gasteiger partial charge in [-0.25, -0.2) is 0 Å². The molecule has 0 aromatic heterocycles. The largest absolute Gasteiger partial charge is 0.416 e. The first-order valence-corrected chi connectivity index (χ1v) is 5.67. The number of nitrogens with two attached hydrogens (primary N) is 1. The average molecular weight is 245 g/mol. The fourth-order valence-electron chi connectivity index (χ4n) is 1.65. The maximum atomic E-state index is 12.4. The van der Waals surface area contributed by atoms with Crippen molar-refractivity contribution in [2.75, 3.05) is 6.54 Å². The molecule has 17 heavy (non-hydrogen) atoms. The van der Waals surface area contributed by atoms with Crippen molar-refractivity contribution in [2.45, 2.75) is 32.9 Å². The molecule has 0 amide bonds. The minimum Gasteiger partial charge on any atom is -0.330 e. The van der Waals surface area contributed by atoms with Gasteiger partial charge in [0, 0.05) is 0 Å². The fraction of sp³-hybridized carbons (Fsp3) is 0.538. The monoisotopic (exact) mass is 245 g/mol. The van der Waals surface area contributed by atoms with Gasteiger partial charge in [0.25, 0.3) is 0 Å². The lowest BCUT2D eigenvalue weighted by Crippen LogP contribution is -2.28. The molecular weight excluding hydrogens is 227 g/mol. The average Bonchev–Trinajstić information content (AvgIpc) is 2.28. The Morgan fingerprint density at radius 3 is 2.00 bits per heavy atom. The number of halogens is 3. The summed E-state index contributed by atoms with van der Waals surface area (Å²) in [6, 6.07) is 5.32. The molecule has 0 radical (unpaired) electrons. The Labute approximate surface area is 99.8 Å². The maximum absolute atomic E-state index is 12.4. The van der Waals surface area contributed by atoms with Crippen molar-refractivity contribution in [1.82, 2.24) is 0 Å². The summed E-state index contributed by atoms with van der Waals surface area (Å²) in [5.41, 5.74) is 5.93. The van der Waals surface area contributed by atoms with Gasteiger partial charge in [0.15, 0.2) is 0 Å². The first-order chi connectivity index (χ1) is 7.80. The van der Waals surface area contributed by atoms with Gasteiger partial charge in [0.1, 0.15) is 0 Å². The zero-order chi connectivity index (χ0) is 13.1. The zero-order valence-corrected chi connectivity index (χ0v) is 10.1. The van der Waals surface area contributed by atoms with Crippen LogP contribution in [0.4, 0.5) is 13.2 Å². The normalized spacial score (nSPS) is 15.6. The summed E-state index contributed by atoms with van der Waals surface area (Å²) in [5, 5.41) is 0. The molecule has 1 aromatic carbocycles. The molecule has 2 N–H and O–H groups in total. The van der Waals surface area contributed by atoms with Crippen molar-refractivity contribution < 1.29 is 13.2 Å². The van der Waals surface area contributed by atoms with Gasteiger partial charge in [-0.05, 0) is 42.5 Å². The van der Waals surface area contributed by atoms with Crippen LogP contribution in [0.15, 0.2) is 24.3 Å². The second-order valence-electron chi connectivity index (χ2n) is 4.74. The number of rotatable bonds is 4. The van der Waals surface area contributed by atoms with E-state index in [0.717, 1.165) is 24.1 Å². The van der Waals surface area contributed by atoms with Gasteiger partial charge >= 0.3 is 6.18 Å². The Bertz CT molecular complexity index is 350. The van der Waals surface area contributed by atoms with Gasteiger partial charge in [0.2, 0.25) is 0 Å². The molecule has 1 unspecified atom stereocenters. The third kappa shape index (κ3) is 3.73. The van der Waals surface area contributed by atoms with Crippen LogP contribution in [0.25, 0.3) is 0 Å². The molecule has 0 saturated heterocycles. The molecule has 1 atom stereocenters. The Hall–Kier alpha value is -1.03. The maximum Gasteiger partial charge on any atom is 0.416 e. The molecule has 0 bridgehead atoms. The van der Waals surface area contributed by atoms with E-state index in [-0.39, 0.29) is 5.41 Å². The Morgan fingerprint density at radius 2 is 1.65 bits per heavy atom. The number of hydrogen-bond acceptors (Lipinski definition) is 1. The summed E-state index contributed by atoms with van der Waals surface area (Å²) >= 11 is 0. The van der Waals surface area contributed by atoms with E-state index in [1.54, 1.807) is 0 Å². The second-order valence-corrected chi connectivity index (χ2v) is 4.74. The van der Waals surface area contributed by atoms with E-state index in [1.165, 1.54) is 12.1 Å². The highest BCUT2D eigenvalue weighted by molar-refractivity contribution is 5.25. The smallest absolute Gasteiger partial charge is 0.330 e. The lowest BCUT2D eigenvalue weighted by molar-refractivity contribution is -0.137. The standard InChI is InChI=1S/C13H18F3N/c1-3-12(2,9-17)8-10-4-6-11(7-5-10)13(14,15)16/h4-7H,3,8-9,17H2,1-2H3. The Kier molecular flexibility index (Phi) is 4.20. The third-order valence-corrected chi connectivity index (χ3v) is 3.26. The van der Waals surface area contributed by atoms with Crippen molar-refractivity contribution >= 4 is 0 Å². The quantitative estimate of drug-likeness (QED) is 0.861.